The minimum Gasteiger partial charge on any atom is -0.475 e. The Hall–Kier alpha value is -3.22. The fourth-order valence-electron chi connectivity index (χ4n) is 2.45. The number of halogens is 3. The second-order valence-electron chi connectivity index (χ2n) is 5.19. The Morgan fingerprint density at radius 3 is 2.40 bits per heavy atom. The third kappa shape index (κ3) is 3.50. The maximum atomic E-state index is 13.2. The molecule has 0 saturated heterocycles. The first-order valence-electron chi connectivity index (χ1n) is 7.19. The number of carbonyl (C=O) groups is 1. The number of alkyl halides is 3. The van der Waals surface area contributed by atoms with E-state index in [-0.39, 0.29) is 11.4 Å². The lowest BCUT2D eigenvalue weighted by atomic mass is 9.97. The van der Waals surface area contributed by atoms with E-state index in [0.29, 0.717) is 16.8 Å². The van der Waals surface area contributed by atoms with Crippen molar-refractivity contribution in [2.75, 3.05) is 0 Å². The van der Waals surface area contributed by atoms with Gasteiger partial charge in [-0.25, -0.2) is 14.8 Å². The molecule has 1 heterocycles. The van der Waals surface area contributed by atoms with Crippen LogP contribution in [-0.2, 0) is 6.18 Å². The molecule has 0 bridgehead atoms. The molecular formula is C18H11F3N2O2. The van der Waals surface area contributed by atoms with Gasteiger partial charge in [0.15, 0.2) is 0 Å². The van der Waals surface area contributed by atoms with E-state index in [4.69, 9.17) is 5.11 Å². The molecule has 0 spiro atoms. The second kappa shape index (κ2) is 6.35. The van der Waals surface area contributed by atoms with Crippen LogP contribution in [0.4, 0.5) is 13.2 Å². The van der Waals surface area contributed by atoms with Crippen LogP contribution in [0.2, 0.25) is 0 Å². The van der Waals surface area contributed by atoms with Crippen LogP contribution < -0.4 is 0 Å². The van der Waals surface area contributed by atoms with Gasteiger partial charge in [0.2, 0.25) is 5.82 Å². The summed E-state index contributed by atoms with van der Waals surface area (Å²) in [6.45, 7) is 0. The quantitative estimate of drug-likeness (QED) is 0.758. The number of hydrogen-bond donors (Lipinski definition) is 1. The largest absolute Gasteiger partial charge is 0.475 e. The molecule has 1 aromatic heterocycles. The predicted molar refractivity (Wildman–Crippen MR) is 84.9 cm³/mol. The lowest BCUT2D eigenvalue weighted by molar-refractivity contribution is -0.137. The van der Waals surface area contributed by atoms with Crippen LogP contribution in [0.15, 0.2) is 60.8 Å². The molecule has 0 radical (unpaired) electrons. The van der Waals surface area contributed by atoms with Gasteiger partial charge >= 0.3 is 12.1 Å². The number of aromatic carboxylic acids is 1. The maximum Gasteiger partial charge on any atom is 0.417 e. The van der Waals surface area contributed by atoms with Crippen LogP contribution in [0.5, 0.6) is 0 Å². The molecule has 126 valence electrons. The molecular weight excluding hydrogens is 333 g/mol. The van der Waals surface area contributed by atoms with Crippen LogP contribution in [-0.4, -0.2) is 21.0 Å². The minimum absolute atomic E-state index is 0.0457. The Bertz CT molecular complexity index is 939. The molecule has 3 rings (SSSR count). The van der Waals surface area contributed by atoms with Crippen molar-refractivity contribution in [2.24, 2.45) is 0 Å². The normalized spacial score (nSPS) is 11.3. The minimum atomic E-state index is -4.47. The zero-order chi connectivity index (χ0) is 18.0. The van der Waals surface area contributed by atoms with Crippen LogP contribution in [0, 0.1) is 0 Å². The monoisotopic (exact) mass is 344 g/mol. The van der Waals surface area contributed by atoms with Crippen LogP contribution in [0.25, 0.3) is 22.4 Å². The zero-order valence-electron chi connectivity index (χ0n) is 12.7. The average Bonchev–Trinajstić information content (AvgIpc) is 2.61. The van der Waals surface area contributed by atoms with Crippen LogP contribution in [0.3, 0.4) is 0 Å². The van der Waals surface area contributed by atoms with Crippen molar-refractivity contribution in [3.8, 4) is 22.4 Å². The predicted octanol–water partition coefficient (Wildman–Crippen LogP) is 4.53. The van der Waals surface area contributed by atoms with E-state index >= 15 is 0 Å². The topological polar surface area (TPSA) is 63.1 Å². The van der Waals surface area contributed by atoms with Crippen molar-refractivity contribution in [2.45, 2.75) is 6.18 Å². The molecule has 0 aliphatic heterocycles. The zero-order valence-corrected chi connectivity index (χ0v) is 12.7. The van der Waals surface area contributed by atoms with Crippen molar-refractivity contribution < 1.29 is 23.1 Å². The second-order valence-corrected chi connectivity index (χ2v) is 5.19. The first-order valence-corrected chi connectivity index (χ1v) is 7.19. The number of hydrogen-bond acceptors (Lipinski definition) is 3. The fourth-order valence-corrected chi connectivity index (χ4v) is 2.45. The lowest BCUT2D eigenvalue weighted by Gasteiger charge is -2.13. The van der Waals surface area contributed by atoms with E-state index in [1.165, 1.54) is 30.5 Å². The molecule has 3 aromatic rings. The maximum absolute atomic E-state index is 13.2. The summed E-state index contributed by atoms with van der Waals surface area (Å²) < 4.78 is 39.6. The third-order valence-electron chi connectivity index (χ3n) is 3.55. The Morgan fingerprint density at radius 2 is 1.68 bits per heavy atom. The molecule has 0 fully saturated rings. The highest BCUT2D eigenvalue weighted by Gasteiger charge is 2.33. The van der Waals surface area contributed by atoms with Crippen molar-refractivity contribution in [1.29, 1.82) is 0 Å². The molecule has 0 saturated carbocycles. The van der Waals surface area contributed by atoms with Gasteiger partial charge in [-0.3, -0.25) is 0 Å². The Balaban J connectivity index is 2.10. The van der Waals surface area contributed by atoms with Crippen LogP contribution >= 0.6 is 0 Å². The van der Waals surface area contributed by atoms with Crippen molar-refractivity contribution in [3.05, 3.63) is 72.2 Å². The fraction of sp³-hybridized carbons (Fsp3) is 0.0556. The summed E-state index contributed by atoms with van der Waals surface area (Å²) in [6, 6.07) is 13.1. The number of aromatic nitrogens is 2. The van der Waals surface area contributed by atoms with Gasteiger partial charge < -0.3 is 5.11 Å². The van der Waals surface area contributed by atoms with Gasteiger partial charge in [0.25, 0.3) is 0 Å². The SMILES string of the molecule is O=C(O)c1nccc(-c2cccc(-c3ccccc3C(F)(F)F)c2)n1. The molecule has 0 aliphatic carbocycles. The van der Waals surface area contributed by atoms with Crippen molar-refractivity contribution >= 4 is 5.97 Å². The Morgan fingerprint density at radius 1 is 0.960 bits per heavy atom. The van der Waals surface area contributed by atoms with Gasteiger partial charge in [0.1, 0.15) is 0 Å². The molecule has 0 atom stereocenters. The number of nitrogens with zero attached hydrogens (tertiary/aromatic N) is 2. The Labute approximate surface area is 140 Å². The van der Waals surface area contributed by atoms with E-state index in [2.05, 4.69) is 9.97 Å². The highest BCUT2D eigenvalue weighted by molar-refractivity contribution is 5.84. The van der Waals surface area contributed by atoms with Crippen molar-refractivity contribution in [3.63, 3.8) is 0 Å². The third-order valence-corrected chi connectivity index (χ3v) is 3.55. The molecule has 1 N–H and O–H groups in total. The summed E-state index contributed by atoms with van der Waals surface area (Å²) in [5.41, 5.74) is 0.490. The molecule has 2 aromatic carbocycles. The van der Waals surface area contributed by atoms with Gasteiger partial charge in [-0.15, -0.1) is 0 Å². The van der Waals surface area contributed by atoms with E-state index in [1.54, 1.807) is 24.3 Å². The summed E-state index contributed by atoms with van der Waals surface area (Å²) in [5, 5.41) is 8.96. The molecule has 4 nitrogen and oxygen atoms in total. The first kappa shape index (κ1) is 16.6. The standard InChI is InChI=1S/C18H11F3N2O2/c19-18(20,21)14-7-2-1-6-13(14)11-4-3-5-12(10-11)15-8-9-22-16(23-15)17(24)25/h1-10H,(H,24,25). The van der Waals surface area contributed by atoms with Crippen molar-refractivity contribution in [1.82, 2.24) is 9.97 Å². The summed E-state index contributed by atoms with van der Waals surface area (Å²) in [7, 11) is 0. The molecule has 0 amide bonds. The van der Waals surface area contributed by atoms with Crippen LogP contribution in [0.1, 0.15) is 16.2 Å². The highest BCUT2D eigenvalue weighted by atomic mass is 19.4. The number of benzene rings is 2. The van der Waals surface area contributed by atoms with E-state index in [1.807, 2.05) is 0 Å². The van der Waals surface area contributed by atoms with Gasteiger partial charge in [-0.05, 0) is 29.3 Å². The highest BCUT2D eigenvalue weighted by Crippen LogP contribution is 2.37. The van der Waals surface area contributed by atoms with Gasteiger partial charge in [-0.2, -0.15) is 13.2 Å². The molecule has 0 aliphatic rings. The molecule has 7 heteroatoms. The summed E-state index contributed by atoms with van der Waals surface area (Å²) >= 11 is 0. The van der Waals surface area contributed by atoms with E-state index in [9.17, 15) is 18.0 Å². The average molecular weight is 344 g/mol. The smallest absolute Gasteiger partial charge is 0.417 e. The summed E-state index contributed by atoms with van der Waals surface area (Å²) in [5.74, 6) is -1.65. The van der Waals surface area contributed by atoms with Gasteiger partial charge in [0, 0.05) is 11.8 Å². The molecule has 25 heavy (non-hydrogen) atoms. The van der Waals surface area contributed by atoms with E-state index < -0.39 is 17.7 Å². The summed E-state index contributed by atoms with van der Waals surface area (Å²) in [6.07, 6.45) is -3.18. The first-order chi connectivity index (χ1) is 11.9. The Kier molecular flexibility index (Phi) is 4.22. The van der Waals surface area contributed by atoms with Gasteiger partial charge in [0.05, 0.1) is 11.3 Å². The molecule has 0 unspecified atom stereocenters. The number of carboxylic acids is 1. The van der Waals surface area contributed by atoms with Gasteiger partial charge in [-0.1, -0.05) is 36.4 Å². The number of carboxylic acid groups (broad SMARTS) is 1. The van der Waals surface area contributed by atoms with E-state index in [0.717, 1.165) is 6.07 Å². The summed E-state index contributed by atoms with van der Waals surface area (Å²) in [4.78, 5) is 18.5. The lowest BCUT2D eigenvalue weighted by Crippen LogP contribution is -2.07. The number of rotatable bonds is 3.